The lowest BCUT2D eigenvalue weighted by atomic mass is 9.92. The largest absolute Gasteiger partial charge is 0.488 e. The molecule has 0 aliphatic carbocycles. The molecular formula is C46H56N8O8. The minimum Gasteiger partial charge on any atom is -0.488 e. The summed E-state index contributed by atoms with van der Waals surface area (Å²) in [7, 11) is 4.10. The first-order valence-electron chi connectivity index (χ1n) is 21.5. The third kappa shape index (κ3) is 7.80. The van der Waals surface area contributed by atoms with Crippen LogP contribution < -0.4 is 15.4 Å². The van der Waals surface area contributed by atoms with Gasteiger partial charge in [0.2, 0.25) is 11.8 Å². The summed E-state index contributed by atoms with van der Waals surface area (Å²) in [6, 6.07) is 12.3. The Kier molecular flexibility index (Phi) is 11.9. The number of H-pyrrole nitrogens is 2. The van der Waals surface area contributed by atoms with E-state index in [1.54, 1.807) is 11.1 Å². The number of amides is 4. The lowest BCUT2D eigenvalue weighted by molar-refractivity contribution is -0.138. The number of hydrogen-bond acceptors (Lipinski definition) is 10. The molecule has 5 heterocycles. The van der Waals surface area contributed by atoms with Crippen molar-refractivity contribution < 1.29 is 38.1 Å². The smallest absolute Gasteiger partial charge is 0.407 e. The van der Waals surface area contributed by atoms with Crippen molar-refractivity contribution in [2.45, 2.75) is 103 Å². The third-order valence-electron chi connectivity index (χ3n) is 12.8. The van der Waals surface area contributed by atoms with Crippen molar-refractivity contribution in [1.29, 1.82) is 0 Å². The lowest BCUT2D eigenvalue weighted by Crippen LogP contribution is -2.54. The Bertz CT molecular complexity index is 2510. The Labute approximate surface area is 360 Å². The Morgan fingerprint density at radius 1 is 0.887 bits per heavy atom. The second kappa shape index (κ2) is 17.3. The van der Waals surface area contributed by atoms with Crippen LogP contribution in [0.4, 0.5) is 9.59 Å². The number of hydrogen-bond donors (Lipinski definition) is 4. The number of aromatic nitrogens is 4. The van der Waals surface area contributed by atoms with Crippen LogP contribution in [0.3, 0.4) is 0 Å². The Hall–Kier alpha value is -6.16. The minimum atomic E-state index is -0.908. The van der Waals surface area contributed by atoms with Gasteiger partial charge in [0.05, 0.1) is 55.3 Å². The maximum Gasteiger partial charge on any atom is 0.407 e. The summed E-state index contributed by atoms with van der Waals surface area (Å²) < 4.78 is 21.7. The quantitative estimate of drug-likeness (QED) is 0.106. The molecule has 3 aliphatic rings. The number of alkyl carbamates (subject to hydrolysis) is 2. The number of likely N-dealkylation sites (tertiary alicyclic amines) is 2. The topological polar surface area (TPSA) is 193 Å². The molecule has 2 aromatic heterocycles. The molecule has 4 amide bonds. The summed E-state index contributed by atoms with van der Waals surface area (Å²) in [5.41, 5.74) is 6.52. The Balaban J connectivity index is 1.04. The van der Waals surface area contributed by atoms with Gasteiger partial charge in [-0.15, -0.1) is 0 Å². The number of benzene rings is 3. The molecule has 0 bridgehead atoms. The van der Waals surface area contributed by atoms with Crippen molar-refractivity contribution in [3.63, 3.8) is 0 Å². The molecule has 3 aromatic carbocycles. The van der Waals surface area contributed by atoms with Gasteiger partial charge in [-0.05, 0) is 90.8 Å². The van der Waals surface area contributed by atoms with Crippen LogP contribution >= 0.6 is 0 Å². The number of aromatic amines is 2. The zero-order chi connectivity index (χ0) is 44.0. The van der Waals surface area contributed by atoms with Gasteiger partial charge in [0.1, 0.15) is 36.1 Å². The summed E-state index contributed by atoms with van der Waals surface area (Å²) in [6.07, 6.45) is 2.75. The van der Waals surface area contributed by atoms with E-state index in [9.17, 15) is 19.2 Å². The standard InChI is InChI=1S/C46H56N8O8/c1-9-36(59-6)40(52-46(58)61-8)43(55)53-21-24(4)16-35(53)41-47-20-33(49-41)27-11-13-29-28(17-27)22-62-37-19-30-26(18-31(29)37)12-14-32-39(30)50-42(48-32)34-15-10-25(5)54(34)44(56)38(23(2)3)51-45(57)60-7/h11-14,17-20,23-25,34-36,38,40H,9-10,15-16,21-22H2,1-8H3,(H,47,49)(H,48,50)(H,51,57)(H,52,58)/t24-,25-,34-,35?,36?,38-,40-/m0/s1. The van der Waals surface area contributed by atoms with E-state index in [0.717, 1.165) is 74.8 Å². The predicted molar refractivity (Wildman–Crippen MR) is 232 cm³/mol. The Morgan fingerprint density at radius 3 is 2.35 bits per heavy atom. The number of nitrogens with zero attached hydrogens (tertiary/aromatic N) is 4. The van der Waals surface area contributed by atoms with Gasteiger partial charge in [0, 0.05) is 30.6 Å². The highest BCUT2D eigenvalue weighted by atomic mass is 16.5. The zero-order valence-corrected chi connectivity index (χ0v) is 36.5. The van der Waals surface area contributed by atoms with Crippen molar-refractivity contribution in [2.75, 3.05) is 27.9 Å². The number of ether oxygens (including phenoxy) is 4. The molecule has 2 saturated heterocycles. The van der Waals surface area contributed by atoms with Crippen molar-refractivity contribution >= 4 is 45.8 Å². The highest BCUT2D eigenvalue weighted by Gasteiger charge is 2.43. The molecule has 7 atom stereocenters. The van der Waals surface area contributed by atoms with Crippen LogP contribution in [0, 0.1) is 11.8 Å². The molecule has 2 fully saturated rings. The molecule has 0 saturated carbocycles. The van der Waals surface area contributed by atoms with E-state index in [2.05, 4.69) is 63.9 Å². The molecule has 2 unspecified atom stereocenters. The van der Waals surface area contributed by atoms with Crippen LogP contribution in [0.2, 0.25) is 0 Å². The second-order valence-corrected chi connectivity index (χ2v) is 17.2. The number of fused-ring (bicyclic) bond motifs is 6. The normalized spacial score (nSPS) is 21.0. The molecule has 16 heteroatoms. The number of nitrogens with one attached hydrogen (secondary N) is 4. The van der Waals surface area contributed by atoms with Crippen LogP contribution in [-0.4, -0.2) is 106 Å². The fourth-order valence-electron chi connectivity index (χ4n) is 9.54. The summed E-state index contributed by atoms with van der Waals surface area (Å²) in [4.78, 5) is 72.9. The second-order valence-electron chi connectivity index (χ2n) is 17.2. The van der Waals surface area contributed by atoms with Gasteiger partial charge in [-0.1, -0.05) is 45.9 Å². The molecule has 4 N–H and O–H groups in total. The molecule has 328 valence electrons. The number of carbonyl (C=O) groups excluding carboxylic acids is 4. The predicted octanol–water partition coefficient (Wildman–Crippen LogP) is 7.16. The van der Waals surface area contributed by atoms with Crippen molar-refractivity contribution in [3.05, 3.63) is 65.9 Å². The summed E-state index contributed by atoms with van der Waals surface area (Å²) >= 11 is 0. The maximum atomic E-state index is 14.0. The maximum absolute atomic E-state index is 14.0. The average Bonchev–Trinajstić information content (AvgIpc) is 4.09. The number of rotatable bonds is 11. The van der Waals surface area contributed by atoms with Gasteiger partial charge in [-0.2, -0.15) is 0 Å². The summed E-state index contributed by atoms with van der Waals surface area (Å²) in [5.74, 6) is 1.84. The fourth-order valence-corrected chi connectivity index (χ4v) is 9.54. The van der Waals surface area contributed by atoms with Gasteiger partial charge < -0.3 is 49.3 Å². The van der Waals surface area contributed by atoms with E-state index in [1.165, 1.54) is 21.3 Å². The van der Waals surface area contributed by atoms with Crippen molar-refractivity contribution in [2.24, 2.45) is 11.8 Å². The lowest BCUT2D eigenvalue weighted by Gasteiger charge is -2.32. The van der Waals surface area contributed by atoms with Gasteiger partial charge in [-0.3, -0.25) is 9.59 Å². The molecule has 0 spiro atoms. The van der Waals surface area contributed by atoms with Crippen LogP contribution in [-0.2, 0) is 30.4 Å². The van der Waals surface area contributed by atoms with Crippen molar-refractivity contribution in [1.82, 2.24) is 40.4 Å². The minimum absolute atomic E-state index is 0.0297. The van der Waals surface area contributed by atoms with E-state index in [-0.39, 0.29) is 41.8 Å². The van der Waals surface area contributed by atoms with E-state index in [0.29, 0.717) is 31.2 Å². The van der Waals surface area contributed by atoms with E-state index < -0.39 is 30.4 Å². The van der Waals surface area contributed by atoms with Crippen LogP contribution in [0.1, 0.15) is 89.6 Å². The van der Waals surface area contributed by atoms with Crippen LogP contribution in [0.25, 0.3) is 44.2 Å². The highest BCUT2D eigenvalue weighted by Crippen LogP contribution is 2.44. The molecule has 62 heavy (non-hydrogen) atoms. The van der Waals surface area contributed by atoms with Gasteiger partial charge in [0.25, 0.3) is 0 Å². The SMILES string of the molecule is CCC(OC)[C@H](NC(=O)OC)C(=O)N1C[C@@H](C)CC1c1ncc(-c2ccc3c(c2)COc2cc4c(ccc5nc([C@@H]6CC[C@H](C)N6C(=O)[C@@H](NC(=O)OC)C(C)C)[nH]c54)cc2-3)[nH]1. The molecular weight excluding hydrogens is 793 g/mol. The number of carbonyl (C=O) groups is 4. The van der Waals surface area contributed by atoms with Gasteiger partial charge in [0.15, 0.2) is 0 Å². The monoisotopic (exact) mass is 848 g/mol. The molecule has 8 rings (SSSR count). The number of imidazole rings is 2. The van der Waals surface area contributed by atoms with E-state index >= 15 is 0 Å². The first-order chi connectivity index (χ1) is 29.8. The molecule has 16 nitrogen and oxygen atoms in total. The molecule has 3 aliphatic heterocycles. The zero-order valence-electron chi connectivity index (χ0n) is 36.5. The molecule has 5 aromatic rings. The third-order valence-corrected chi connectivity index (χ3v) is 12.8. The molecule has 0 radical (unpaired) electrons. The number of methoxy groups -OCH3 is 3. The summed E-state index contributed by atoms with van der Waals surface area (Å²) in [6.45, 7) is 10.7. The fraction of sp³-hybridized carbons (Fsp3) is 0.478. The average molecular weight is 849 g/mol. The first kappa shape index (κ1) is 42.5. The van der Waals surface area contributed by atoms with Crippen molar-refractivity contribution in [3.8, 4) is 28.1 Å². The van der Waals surface area contributed by atoms with Crippen LogP contribution in [0.5, 0.6) is 5.75 Å². The highest BCUT2D eigenvalue weighted by molar-refractivity contribution is 6.07. The van der Waals surface area contributed by atoms with E-state index in [1.807, 2.05) is 38.7 Å². The van der Waals surface area contributed by atoms with E-state index in [4.69, 9.17) is 28.9 Å². The summed E-state index contributed by atoms with van der Waals surface area (Å²) in [5, 5.41) is 7.42. The van der Waals surface area contributed by atoms with Gasteiger partial charge in [-0.25, -0.2) is 19.6 Å². The van der Waals surface area contributed by atoms with Crippen LogP contribution in [0.15, 0.2) is 48.7 Å². The first-order valence-corrected chi connectivity index (χ1v) is 21.5. The van der Waals surface area contributed by atoms with Gasteiger partial charge >= 0.3 is 12.2 Å². The Morgan fingerprint density at radius 2 is 1.65 bits per heavy atom.